The summed E-state index contributed by atoms with van der Waals surface area (Å²) in [7, 11) is -0.461. The van der Waals surface area contributed by atoms with Gasteiger partial charge >= 0.3 is 0 Å². The summed E-state index contributed by atoms with van der Waals surface area (Å²) in [6, 6.07) is 11.7. The van der Waals surface area contributed by atoms with Gasteiger partial charge < -0.3 is 9.47 Å². The van der Waals surface area contributed by atoms with E-state index in [1.54, 1.807) is 45.4 Å². The summed E-state index contributed by atoms with van der Waals surface area (Å²) in [5, 5.41) is 0. The Kier molecular flexibility index (Phi) is 5.28. The molecule has 0 spiro atoms. The van der Waals surface area contributed by atoms with E-state index in [1.165, 1.54) is 6.07 Å². The second kappa shape index (κ2) is 7.02. The summed E-state index contributed by atoms with van der Waals surface area (Å²) in [6.45, 7) is 3.61. The number of hydrogen-bond acceptors (Lipinski definition) is 4. The third-order valence-corrected chi connectivity index (χ3v) is 5.16. The van der Waals surface area contributed by atoms with Crippen LogP contribution in [0.3, 0.4) is 0 Å². The van der Waals surface area contributed by atoms with Crippen molar-refractivity contribution >= 4 is 10.0 Å². The molecule has 0 saturated heterocycles. The van der Waals surface area contributed by atoms with Gasteiger partial charge in [-0.05, 0) is 55.3 Å². The van der Waals surface area contributed by atoms with Crippen LogP contribution in [-0.4, -0.2) is 22.6 Å². The molecular weight excluding hydrogens is 314 g/mol. The molecule has 23 heavy (non-hydrogen) atoms. The van der Waals surface area contributed by atoms with Crippen molar-refractivity contribution in [3.63, 3.8) is 0 Å². The number of rotatable bonds is 6. The highest BCUT2D eigenvalue weighted by molar-refractivity contribution is 7.89. The Morgan fingerprint density at radius 3 is 2.17 bits per heavy atom. The number of benzene rings is 2. The van der Waals surface area contributed by atoms with Gasteiger partial charge in [0, 0.05) is 6.04 Å². The van der Waals surface area contributed by atoms with Gasteiger partial charge in [0.25, 0.3) is 0 Å². The molecule has 124 valence electrons. The van der Waals surface area contributed by atoms with Crippen LogP contribution in [0.2, 0.25) is 0 Å². The minimum atomic E-state index is -3.61. The van der Waals surface area contributed by atoms with Crippen LogP contribution >= 0.6 is 0 Å². The molecule has 0 amide bonds. The predicted octanol–water partition coefficient (Wildman–Crippen LogP) is 3.05. The molecule has 0 fully saturated rings. The first-order valence-corrected chi connectivity index (χ1v) is 8.66. The van der Waals surface area contributed by atoms with Crippen molar-refractivity contribution in [2.24, 2.45) is 0 Å². The summed E-state index contributed by atoms with van der Waals surface area (Å²) < 4.78 is 38.0. The lowest BCUT2D eigenvalue weighted by molar-refractivity contribution is 0.411. The summed E-state index contributed by atoms with van der Waals surface area (Å²) in [5.41, 5.74) is 1.63. The van der Waals surface area contributed by atoms with Gasteiger partial charge in [0.15, 0.2) is 0 Å². The van der Waals surface area contributed by atoms with E-state index in [0.717, 1.165) is 16.9 Å². The molecule has 0 heterocycles. The van der Waals surface area contributed by atoms with Crippen molar-refractivity contribution < 1.29 is 17.9 Å². The van der Waals surface area contributed by atoms with Crippen LogP contribution in [0.25, 0.3) is 0 Å². The molecule has 2 rings (SSSR count). The van der Waals surface area contributed by atoms with Crippen molar-refractivity contribution in [1.82, 2.24) is 4.72 Å². The van der Waals surface area contributed by atoms with Crippen LogP contribution in [0.1, 0.15) is 24.1 Å². The third kappa shape index (κ3) is 4.03. The van der Waals surface area contributed by atoms with E-state index < -0.39 is 10.0 Å². The lowest BCUT2D eigenvalue weighted by atomic mass is 10.1. The molecule has 1 N–H and O–H groups in total. The van der Waals surface area contributed by atoms with Crippen molar-refractivity contribution in [1.29, 1.82) is 0 Å². The highest BCUT2D eigenvalue weighted by atomic mass is 32.2. The van der Waals surface area contributed by atoms with E-state index in [1.807, 2.05) is 19.1 Å². The first-order valence-electron chi connectivity index (χ1n) is 7.18. The van der Waals surface area contributed by atoms with Gasteiger partial charge in [0.2, 0.25) is 10.0 Å². The zero-order chi connectivity index (χ0) is 17.0. The second-order valence-electron chi connectivity index (χ2n) is 5.25. The second-order valence-corrected chi connectivity index (χ2v) is 6.96. The third-order valence-electron chi connectivity index (χ3n) is 3.62. The molecule has 0 aromatic heterocycles. The fourth-order valence-corrected chi connectivity index (χ4v) is 3.60. The molecule has 5 nitrogen and oxygen atoms in total. The van der Waals surface area contributed by atoms with Crippen molar-refractivity contribution in [2.45, 2.75) is 24.8 Å². The number of sulfonamides is 1. The molecule has 2 aromatic carbocycles. The van der Waals surface area contributed by atoms with E-state index in [0.29, 0.717) is 5.75 Å². The highest BCUT2D eigenvalue weighted by Gasteiger charge is 2.19. The molecule has 0 unspecified atom stereocenters. The lowest BCUT2D eigenvalue weighted by Crippen LogP contribution is -2.27. The van der Waals surface area contributed by atoms with Crippen molar-refractivity contribution in [3.05, 3.63) is 53.6 Å². The predicted molar refractivity (Wildman–Crippen MR) is 89.5 cm³/mol. The van der Waals surface area contributed by atoms with E-state index >= 15 is 0 Å². The number of aryl methyl sites for hydroxylation is 1. The van der Waals surface area contributed by atoms with Gasteiger partial charge in [-0.15, -0.1) is 0 Å². The SMILES string of the molecule is COc1ccc([C@H](C)NS(=O)(=O)c2ccc(OC)c(C)c2)cc1. The Labute approximate surface area is 137 Å². The molecular formula is C17H21NO4S. The largest absolute Gasteiger partial charge is 0.497 e. The fourth-order valence-electron chi connectivity index (χ4n) is 2.28. The maximum absolute atomic E-state index is 12.5. The summed E-state index contributed by atoms with van der Waals surface area (Å²) in [5.74, 6) is 1.39. The Bertz CT molecular complexity index is 770. The standard InChI is InChI=1S/C17H21NO4S/c1-12-11-16(9-10-17(12)22-4)23(19,20)18-13(2)14-5-7-15(21-3)8-6-14/h5-11,13,18H,1-4H3/t13-/m0/s1. The molecule has 0 aliphatic carbocycles. The molecule has 0 saturated carbocycles. The fraction of sp³-hybridized carbons (Fsp3) is 0.294. The summed E-state index contributed by atoms with van der Waals surface area (Å²) >= 11 is 0. The van der Waals surface area contributed by atoms with Crippen molar-refractivity contribution in [2.75, 3.05) is 14.2 Å². The molecule has 0 aliphatic heterocycles. The monoisotopic (exact) mass is 335 g/mol. The Morgan fingerprint density at radius 2 is 1.65 bits per heavy atom. The van der Waals surface area contributed by atoms with Crippen LogP contribution in [0.4, 0.5) is 0 Å². The molecule has 1 atom stereocenters. The maximum atomic E-state index is 12.5. The Hall–Kier alpha value is -2.05. The van der Waals surface area contributed by atoms with Gasteiger partial charge in [0.05, 0.1) is 19.1 Å². The maximum Gasteiger partial charge on any atom is 0.241 e. The lowest BCUT2D eigenvalue weighted by Gasteiger charge is -2.16. The minimum Gasteiger partial charge on any atom is -0.497 e. The molecule has 6 heteroatoms. The average molecular weight is 335 g/mol. The zero-order valence-electron chi connectivity index (χ0n) is 13.7. The average Bonchev–Trinajstić information content (AvgIpc) is 2.54. The van der Waals surface area contributed by atoms with Crippen LogP contribution in [0.15, 0.2) is 47.4 Å². The summed E-state index contributed by atoms with van der Waals surface area (Å²) in [6.07, 6.45) is 0. The van der Waals surface area contributed by atoms with Gasteiger partial charge in [0.1, 0.15) is 11.5 Å². The van der Waals surface area contributed by atoms with Crippen LogP contribution in [-0.2, 0) is 10.0 Å². The van der Waals surface area contributed by atoms with E-state index in [2.05, 4.69) is 4.72 Å². The number of methoxy groups -OCH3 is 2. The Balaban J connectivity index is 2.21. The zero-order valence-corrected chi connectivity index (χ0v) is 14.5. The Morgan fingerprint density at radius 1 is 1.00 bits per heavy atom. The topological polar surface area (TPSA) is 64.6 Å². The normalized spacial score (nSPS) is 12.7. The molecule has 2 aromatic rings. The van der Waals surface area contributed by atoms with Gasteiger partial charge in [-0.2, -0.15) is 0 Å². The van der Waals surface area contributed by atoms with Crippen molar-refractivity contribution in [3.8, 4) is 11.5 Å². The number of nitrogens with one attached hydrogen (secondary N) is 1. The smallest absolute Gasteiger partial charge is 0.241 e. The van der Waals surface area contributed by atoms with E-state index in [-0.39, 0.29) is 10.9 Å². The first-order chi connectivity index (χ1) is 10.9. The van der Waals surface area contributed by atoms with Crippen LogP contribution < -0.4 is 14.2 Å². The molecule has 0 aliphatic rings. The van der Waals surface area contributed by atoms with Crippen LogP contribution in [0, 0.1) is 6.92 Å². The van der Waals surface area contributed by atoms with Gasteiger partial charge in [-0.1, -0.05) is 12.1 Å². The summed E-state index contributed by atoms with van der Waals surface area (Å²) in [4.78, 5) is 0.219. The number of ether oxygens (including phenoxy) is 2. The van der Waals surface area contributed by atoms with Gasteiger partial charge in [-0.3, -0.25) is 0 Å². The van der Waals surface area contributed by atoms with Crippen LogP contribution in [0.5, 0.6) is 11.5 Å². The number of hydrogen-bond donors (Lipinski definition) is 1. The first kappa shape index (κ1) is 17.3. The minimum absolute atomic E-state index is 0.219. The van der Waals surface area contributed by atoms with E-state index in [9.17, 15) is 8.42 Å². The quantitative estimate of drug-likeness (QED) is 0.881. The van der Waals surface area contributed by atoms with Gasteiger partial charge in [-0.25, -0.2) is 13.1 Å². The molecule has 0 bridgehead atoms. The van der Waals surface area contributed by atoms with E-state index in [4.69, 9.17) is 9.47 Å². The molecule has 0 radical (unpaired) electrons. The highest BCUT2D eigenvalue weighted by Crippen LogP contribution is 2.23.